The first-order valence-corrected chi connectivity index (χ1v) is 5.04. The molecule has 0 saturated carbocycles. The van der Waals surface area contributed by atoms with Crippen LogP contribution < -0.4 is 0 Å². The van der Waals surface area contributed by atoms with Gasteiger partial charge in [-0.1, -0.05) is 5.16 Å². The number of phenols is 2. The number of nitrogens with zero attached hydrogens (tertiary/aromatic N) is 1. The summed E-state index contributed by atoms with van der Waals surface area (Å²) in [5.74, 6) is -4.14. The summed E-state index contributed by atoms with van der Waals surface area (Å²) in [5.41, 5.74) is -2.22. The summed E-state index contributed by atoms with van der Waals surface area (Å²) in [6.07, 6.45) is -4.84. The Labute approximate surface area is 108 Å². The molecule has 2 aromatic rings. The molecule has 106 valence electrons. The molecule has 0 aliphatic heterocycles. The van der Waals surface area contributed by atoms with Crippen molar-refractivity contribution in [1.82, 2.24) is 5.16 Å². The van der Waals surface area contributed by atoms with Gasteiger partial charge in [0.2, 0.25) is 0 Å². The van der Waals surface area contributed by atoms with Crippen molar-refractivity contribution in [3.8, 4) is 22.8 Å². The highest BCUT2D eigenvalue weighted by atomic mass is 19.4. The van der Waals surface area contributed by atoms with Crippen LogP contribution >= 0.6 is 0 Å². The molecular weight excluding hydrogens is 283 g/mol. The van der Waals surface area contributed by atoms with Gasteiger partial charge in [0.25, 0.3) is 0 Å². The van der Waals surface area contributed by atoms with Crippen LogP contribution in [-0.4, -0.2) is 26.4 Å². The van der Waals surface area contributed by atoms with Gasteiger partial charge in [0, 0.05) is 6.07 Å². The normalized spacial score (nSPS) is 11.6. The fourth-order valence-electron chi connectivity index (χ4n) is 1.51. The van der Waals surface area contributed by atoms with Gasteiger partial charge in [0.1, 0.15) is 5.56 Å². The van der Waals surface area contributed by atoms with Crippen LogP contribution in [0, 0.1) is 0 Å². The van der Waals surface area contributed by atoms with Crippen molar-refractivity contribution in [3.63, 3.8) is 0 Å². The quantitative estimate of drug-likeness (QED) is 0.734. The molecule has 6 nitrogen and oxygen atoms in total. The van der Waals surface area contributed by atoms with E-state index in [9.17, 15) is 28.2 Å². The summed E-state index contributed by atoms with van der Waals surface area (Å²) in [5, 5.41) is 30.7. The van der Waals surface area contributed by atoms with Crippen molar-refractivity contribution in [2.45, 2.75) is 6.18 Å². The summed E-state index contributed by atoms with van der Waals surface area (Å²) in [6.45, 7) is 0. The van der Waals surface area contributed by atoms with E-state index in [1.54, 1.807) is 0 Å². The van der Waals surface area contributed by atoms with Crippen LogP contribution in [0.5, 0.6) is 11.5 Å². The van der Waals surface area contributed by atoms with Gasteiger partial charge >= 0.3 is 12.1 Å². The first kappa shape index (κ1) is 13.7. The van der Waals surface area contributed by atoms with E-state index in [1.165, 1.54) is 0 Å². The molecule has 0 atom stereocenters. The van der Waals surface area contributed by atoms with Gasteiger partial charge in [-0.25, -0.2) is 4.79 Å². The number of phenolic OH excluding ortho intramolecular Hbond substituents is 2. The van der Waals surface area contributed by atoms with Crippen LogP contribution in [-0.2, 0) is 6.18 Å². The monoisotopic (exact) mass is 289 g/mol. The smallest absolute Gasteiger partial charge is 0.420 e. The lowest BCUT2D eigenvalue weighted by atomic mass is 10.1. The standard InChI is InChI=1S/C11H6F3NO5/c12-11(13,14)5-2-1-4(8(16)9(5)17)7-3-6(10(18)19)15-20-7/h1-3,16-17H,(H,18,19). The highest BCUT2D eigenvalue weighted by Gasteiger charge is 2.36. The van der Waals surface area contributed by atoms with Crippen LogP contribution in [0.25, 0.3) is 11.3 Å². The van der Waals surface area contributed by atoms with E-state index in [4.69, 9.17) is 5.11 Å². The number of alkyl halides is 3. The second-order valence-corrected chi connectivity index (χ2v) is 3.74. The van der Waals surface area contributed by atoms with E-state index < -0.39 is 34.9 Å². The van der Waals surface area contributed by atoms with E-state index in [0.29, 0.717) is 6.07 Å². The number of hydrogen-bond acceptors (Lipinski definition) is 5. The molecule has 0 aliphatic carbocycles. The molecule has 0 bridgehead atoms. The van der Waals surface area contributed by atoms with Crippen LogP contribution in [0.15, 0.2) is 22.7 Å². The van der Waals surface area contributed by atoms with E-state index in [0.717, 1.165) is 12.1 Å². The molecule has 1 heterocycles. The SMILES string of the molecule is O=C(O)c1cc(-c2ccc(C(F)(F)F)c(O)c2O)on1. The lowest BCUT2D eigenvalue weighted by Crippen LogP contribution is -2.05. The van der Waals surface area contributed by atoms with E-state index in [-0.39, 0.29) is 11.3 Å². The number of aromatic nitrogens is 1. The summed E-state index contributed by atoms with van der Waals surface area (Å²) < 4.78 is 42.1. The number of carboxylic acids is 1. The lowest BCUT2D eigenvalue weighted by molar-refractivity contribution is -0.138. The van der Waals surface area contributed by atoms with E-state index >= 15 is 0 Å². The fraction of sp³-hybridized carbons (Fsp3) is 0.0909. The van der Waals surface area contributed by atoms with Crippen LogP contribution in [0.1, 0.15) is 16.1 Å². The zero-order chi connectivity index (χ0) is 15.1. The molecule has 0 spiro atoms. The summed E-state index contributed by atoms with van der Waals surface area (Å²) in [4.78, 5) is 10.6. The van der Waals surface area contributed by atoms with Gasteiger partial charge in [-0.2, -0.15) is 13.2 Å². The summed E-state index contributed by atoms with van der Waals surface area (Å²) in [7, 11) is 0. The van der Waals surface area contributed by atoms with E-state index in [2.05, 4.69) is 9.68 Å². The maximum atomic E-state index is 12.5. The first-order valence-electron chi connectivity index (χ1n) is 5.04. The topological polar surface area (TPSA) is 104 Å². The molecular formula is C11H6F3NO5. The molecule has 0 radical (unpaired) electrons. The Morgan fingerprint density at radius 3 is 2.35 bits per heavy atom. The van der Waals surface area contributed by atoms with Crippen molar-refractivity contribution in [1.29, 1.82) is 0 Å². The minimum atomic E-state index is -4.84. The molecule has 1 aromatic heterocycles. The van der Waals surface area contributed by atoms with Gasteiger partial charge in [-0.3, -0.25) is 0 Å². The van der Waals surface area contributed by atoms with Gasteiger partial charge in [-0.05, 0) is 12.1 Å². The minimum absolute atomic E-state index is 0.288. The number of carboxylic acid groups (broad SMARTS) is 1. The Morgan fingerprint density at radius 2 is 1.85 bits per heavy atom. The number of aromatic carboxylic acids is 1. The molecule has 0 aliphatic rings. The largest absolute Gasteiger partial charge is 0.504 e. The molecule has 20 heavy (non-hydrogen) atoms. The molecule has 0 amide bonds. The highest BCUT2D eigenvalue weighted by Crippen LogP contribution is 2.45. The predicted molar refractivity (Wildman–Crippen MR) is 57.2 cm³/mol. The second-order valence-electron chi connectivity index (χ2n) is 3.74. The highest BCUT2D eigenvalue weighted by molar-refractivity contribution is 5.87. The number of benzene rings is 1. The van der Waals surface area contributed by atoms with Crippen molar-refractivity contribution < 1.29 is 37.8 Å². The number of aromatic hydroxyl groups is 2. The average Bonchev–Trinajstić information content (AvgIpc) is 2.80. The minimum Gasteiger partial charge on any atom is -0.504 e. The number of halogens is 3. The maximum Gasteiger partial charge on any atom is 0.420 e. The Morgan fingerprint density at radius 1 is 1.20 bits per heavy atom. The molecule has 0 unspecified atom stereocenters. The van der Waals surface area contributed by atoms with Crippen LogP contribution in [0.2, 0.25) is 0 Å². The van der Waals surface area contributed by atoms with Crippen molar-refractivity contribution >= 4 is 5.97 Å². The van der Waals surface area contributed by atoms with Gasteiger partial charge in [-0.15, -0.1) is 0 Å². The fourth-order valence-corrected chi connectivity index (χ4v) is 1.51. The third kappa shape index (κ3) is 2.25. The molecule has 0 saturated heterocycles. The second kappa shape index (κ2) is 4.44. The van der Waals surface area contributed by atoms with Gasteiger partial charge in [0.15, 0.2) is 23.0 Å². The van der Waals surface area contributed by atoms with Crippen molar-refractivity contribution in [3.05, 3.63) is 29.5 Å². The third-order valence-corrected chi connectivity index (χ3v) is 2.45. The third-order valence-electron chi connectivity index (χ3n) is 2.45. The number of hydrogen-bond donors (Lipinski definition) is 3. The zero-order valence-electron chi connectivity index (χ0n) is 9.47. The first-order chi connectivity index (χ1) is 9.21. The molecule has 9 heteroatoms. The number of rotatable bonds is 2. The summed E-state index contributed by atoms with van der Waals surface area (Å²) >= 11 is 0. The predicted octanol–water partition coefficient (Wildman–Crippen LogP) is 2.47. The van der Waals surface area contributed by atoms with Gasteiger partial charge < -0.3 is 19.8 Å². The zero-order valence-corrected chi connectivity index (χ0v) is 9.47. The number of carbonyl (C=O) groups is 1. The molecule has 0 fully saturated rings. The van der Waals surface area contributed by atoms with Crippen molar-refractivity contribution in [2.24, 2.45) is 0 Å². The Balaban J connectivity index is 2.53. The molecule has 2 rings (SSSR count). The van der Waals surface area contributed by atoms with Crippen molar-refractivity contribution in [2.75, 3.05) is 0 Å². The Hall–Kier alpha value is -2.71. The Bertz CT molecular complexity index is 677. The van der Waals surface area contributed by atoms with E-state index in [1.807, 2.05) is 0 Å². The van der Waals surface area contributed by atoms with Crippen LogP contribution in [0.3, 0.4) is 0 Å². The average molecular weight is 289 g/mol. The van der Waals surface area contributed by atoms with Gasteiger partial charge in [0.05, 0.1) is 5.56 Å². The van der Waals surface area contributed by atoms with Crippen LogP contribution in [0.4, 0.5) is 13.2 Å². The summed E-state index contributed by atoms with van der Waals surface area (Å²) in [6, 6.07) is 2.28. The maximum absolute atomic E-state index is 12.5. The Kier molecular flexibility index (Phi) is 3.04. The lowest BCUT2D eigenvalue weighted by Gasteiger charge is -2.11. The molecule has 3 N–H and O–H groups in total. The molecule has 1 aromatic carbocycles.